The number of benzene rings is 2. The highest BCUT2D eigenvalue weighted by atomic mass is 16.5. The van der Waals surface area contributed by atoms with Crippen LogP contribution in [0.15, 0.2) is 42.5 Å². The highest BCUT2D eigenvalue weighted by molar-refractivity contribution is 6.35. The lowest BCUT2D eigenvalue weighted by molar-refractivity contribution is -0.146. The lowest BCUT2D eigenvalue weighted by atomic mass is 9.98. The van der Waals surface area contributed by atoms with Crippen LogP contribution >= 0.6 is 0 Å². The standard InChI is InChI=1S/C21H24N2O4/c1-26-18-12-16-9-11-23(14-17(16)13-19(18)27-2)21(25)20(24)22-10-8-15-6-4-3-5-7-15/h3-7,12-13H,8-11,14H2,1-2H3,(H,22,24). The molecule has 0 saturated carbocycles. The van der Waals surface area contributed by atoms with Crippen molar-refractivity contribution < 1.29 is 19.1 Å². The summed E-state index contributed by atoms with van der Waals surface area (Å²) in [6, 6.07) is 13.7. The molecule has 6 nitrogen and oxygen atoms in total. The van der Waals surface area contributed by atoms with Crippen molar-refractivity contribution >= 4 is 11.8 Å². The molecule has 0 aliphatic carbocycles. The van der Waals surface area contributed by atoms with Gasteiger partial charge in [0.15, 0.2) is 11.5 Å². The molecule has 1 aliphatic heterocycles. The van der Waals surface area contributed by atoms with Gasteiger partial charge in [0, 0.05) is 19.6 Å². The highest BCUT2D eigenvalue weighted by Crippen LogP contribution is 2.33. The summed E-state index contributed by atoms with van der Waals surface area (Å²) >= 11 is 0. The molecule has 0 radical (unpaired) electrons. The number of amides is 2. The van der Waals surface area contributed by atoms with Crippen molar-refractivity contribution in [3.8, 4) is 11.5 Å². The van der Waals surface area contributed by atoms with Gasteiger partial charge in [0.2, 0.25) is 0 Å². The molecular formula is C21H24N2O4. The van der Waals surface area contributed by atoms with E-state index in [2.05, 4.69) is 5.32 Å². The molecule has 142 valence electrons. The van der Waals surface area contributed by atoms with Crippen molar-refractivity contribution in [2.24, 2.45) is 0 Å². The van der Waals surface area contributed by atoms with Crippen molar-refractivity contribution in [2.75, 3.05) is 27.3 Å². The average molecular weight is 368 g/mol. The Morgan fingerprint density at radius 1 is 1.04 bits per heavy atom. The van der Waals surface area contributed by atoms with Gasteiger partial charge in [-0.15, -0.1) is 0 Å². The third kappa shape index (κ3) is 4.39. The summed E-state index contributed by atoms with van der Waals surface area (Å²) in [5.74, 6) is 0.242. The Balaban J connectivity index is 1.59. The van der Waals surface area contributed by atoms with E-state index in [9.17, 15) is 9.59 Å². The second kappa shape index (κ2) is 8.58. The fourth-order valence-electron chi connectivity index (χ4n) is 3.24. The van der Waals surface area contributed by atoms with Crippen LogP contribution in [-0.4, -0.2) is 44.0 Å². The quantitative estimate of drug-likeness (QED) is 0.819. The van der Waals surface area contributed by atoms with E-state index in [0.29, 0.717) is 44.0 Å². The van der Waals surface area contributed by atoms with Crippen LogP contribution in [0.3, 0.4) is 0 Å². The van der Waals surface area contributed by atoms with Crippen molar-refractivity contribution in [1.29, 1.82) is 0 Å². The number of rotatable bonds is 5. The number of nitrogens with zero attached hydrogens (tertiary/aromatic N) is 1. The molecule has 0 saturated heterocycles. The Kier molecular flexibility index (Phi) is 5.96. The van der Waals surface area contributed by atoms with Crippen molar-refractivity contribution in [2.45, 2.75) is 19.4 Å². The monoisotopic (exact) mass is 368 g/mol. The van der Waals surface area contributed by atoms with E-state index in [-0.39, 0.29) is 0 Å². The summed E-state index contributed by atoms with van der Waals surface area (Å²) in [6.45, 7) is 1.33. The van der Waals surface area contributed by atoms with Crippen molar-refractivity contribution in [3.05, 3.63) is 59.2 Å². The Bertz CT molecular complexity index is 820. The van der Waals surface area contributed by atoms with Crippen LogP contribution in [0.25, 0.3) is 0 Å². The highest BCUT2D eigenvalue weighted by Gasteiger charge is 2.26. The number of methoxy groups -OCH3 is 2. The van der Waals surface area contributed by atoms with E-state index in [0.717, 1.165) is 16.7 Å². The SMILES string of the molecule is COc1cc2c(cc1OC)CN(C(=O)C(=O)NCCc1ccccc1)CC2. The lowest BCUT2D eigenvalue weighted by Crippen LogP contribution is -2.45. The number of nitrogens with one attached hydrogen (secondary N) is 1. The number of hydrogen-bond donors (Lipinski definition) is 1. The molecule has 0 bridgehead atoms. The minimum atomic E-state index is -0.560. The van der Waals surface area contributed by atoms with E-state index in [1.165, 1.54) is 0 Å². The van der Waals surface area contributed by atoms with Crippen LogP contribution in [0.2, 0.25) is 0 Å². The normalized spacial score (nSPS) is 12.9. The van der Waals surface area contributed by atoms with E-state index in [1.807, 2.05) is 42.5 Å². The third-order valence-electron chi connectivity index (χ3n) is 4.74. The number of carbonyl (C=O) groups is 2. The number of fused-ring (bicyclic) bond motifs is 1. The molecule has 27 heavy (non-hydrogen) atoms. The van der Waals surface area contributed by atoms with E-state index in [1.54, 1.807) is 19.1 Å². The average Bonchev–Trinajstić information content (AvgIpc) is 2.72. The molecule has 2 amide bonds. The van der Waals surface area contributed by atoms with Crippen LogP contribution in [-0.2, 0) is 29.0 Å². The maximum atomic E-state index is 12.5. The topological polar surface area (TPSA) is 67.9 Å². The smallest absolute Gasteiger partial charge is 0.312 e. The minimum absolute atomic E-state index is 0.390. The van der Waals surface area contributed by atoms with E-state index < -0.39 is 11.8 Å². The summed E-state index contributed by atoms with van der Waals surface area (Å²) in [5, 5.41) is 2.72. The van der Waals surface area contributed by atoms with Gasteiger partial charge >= 0.3 is 11.8 Å². The van der Waals surface area contributed by atoms with E-state index >= 15 is 0 Å². The summed E-state index contributed by atoms with van der Waals surface area (Å²) in [5.41, 5.74) is 3.21. The molecule has 6 heteroatoms. The van der Waals surface area contributed by atoms with Crippen LogP contribution < -0.4 is 14.8 Å². The number of hydrogen-bond acceptors (Lipinski definition) is 4. The van der Waals surface area contributed by atoms with Gasteiger partial charge in [0.05, 0.1) is 14.2 Å². The second-order valence-corrected chi connectivity index (χ2v) is 6.44. The minimum Gasteiger partial charge on any atom is -0.493 e. The maximum absolute atomic E-state index is 12.5. The first-order chi connectivity index (χ1) is 13.1. The molecular weight excluding hydrogens is 344 g/mol. The van der Waals surface area contributed by atoms with Crippen LogP contribution in [0.4, 0.5) is 0 Å². The van der Waals surface area contributed by atoms with Gasteiger partial charge in [-0.25, -0.2) is 0 Å². The maximum Gasteiger partial charge on any atom is 0.312 e. The van der Waals surface area contributed by atoms with Gasteiger partial charge in [-0.2, -0.15) is 0 Å². The molecule has 1 aliphatic rings. The van der Waals surface area contributed by atoms with Gasteiger partial charge in [-0.1, -0.05) is 30.3 Å². The summed E-state index contributed by atoms with van der Waals surface area (Å²) in [6.07, 6.45) is 1.37. The zero-order chi connectivity index (χ0) is 19.2. The molecule has 0 aromatic heterocycles. The molecule has 0 fully saturated rings. The zero-order valence-electron chi connectivity index (χ0n) is 15.7. The molecule has 2 aromatic carbocycles. The Labute approximate surface area is 159 Å². The van der Waals surface area contributed by atoms with Crippen LogP contribution in [0.5, 0.6) is 11.5 Å². The Morgan fingerprint density at radius 3 is 2.37 bits per heavy atom. The summed E-state index contributed by atoms with van der Waals surface area (Å²) in [7, 11) is 3.18. The molecule has 2 aromatic rings. The first-order valence-corrected chi connectivity index (χ1v) is 8.97. The summed E-state index contributed by atoms with van der Waals surface area (Å²) in [4.78, 5) is 26.3. The van der Waals surface area contributed by atoms with Crippen molar-refractivity contribution in [3.63, 3.8) is 0 Å². The number of carbonyl (C=O) groups excluding carboxylic acids is 2. The first-order valence-electron chi connectivity index (χ1n) is 8.97. The van der Waals surface area contributed by atoms with Gasteiger partial charge in [0.25, 0.3) is 0 Å². The zero-order valence-corrected chi connectivity index (χ0v) is 15.7. The molecule has 3 rings (SSSR count). The predicted octanol–water partition coefficient (Wildman–Crippen LogP) is 1.95. The van der Waals surface area contributed by atoms with Gasteiger partial charge < -0.3 is 19.7 Å². The second-order valence-electron chi connectivity index (χ2n) is 6.44. The van der Waals surface area contributed by atoms with Crippen LogP contribution in [0, 0.1) is 0 Å². The molecule has 1 heterocycles. The first kappa shape index (κ1) is 18.8. The van der Waals surface area contributed by atoms with Gasteiger partial charge in [-0.05, 0) is 41.7 Å². The lowest BCUT2D eigenvalue weighted by Gasteiger charge is -2.29. The Morgan fingerprint density at radius 2 is 1.70 bits per heavy atom. The van der Waals surface area contributed by atoms with Gasteiger partial charge in [0.1, 0.15) is 0 Å². The predicted molar refractivity (Wildman–Crippen MR) is 102 cm³/mol. The van der Waals surface area contributed by atoms with Gasteiger partial charge in [-0.3, -0.25) is 9.59 Å². The largest absolute Gasteiger partial charge is 0.493 e. The fraction of sp³-hybridized carbons (Fsp3) is 0.333. The van der Waals surface area contributed by atoms with Crippen molar-refractivity contribution in [1.82, 2.24) is 10.2 Å². The molecule has 0 spiro atoms. The van der Waals surface area contributed by atoms with E-state index in [4.69, 9.17) is 9.47 Å². The molecule has 1 N–H and O–H groups in total. The van der Waals surface area contributed by atoms with Crippen LogP contribution in [0.1, 0.15) is 16.7 Å². The molecule has 0 atom stereocenters. The summed E-state index contributed by atoms with van der Waals surface area (Å²) < 4.78 is 10.7. The number of ether oxygens (including phenoxy) is 2. The fourth-order valence-corrected chi connectivity index (χ4v) is 3.24. The Hall–Kier alpha value is -3.02. The molecule has 0 unspecified atom stereocenters. The third-order valence-corrected chi connectivity index (χ3v) is 4.74.